The molecule has 2 aromatic rings. The maximum atomic E-state index is 14.3. The summed E-state index contributed by atoms with van der Waals surface area (Å²) in [6.45, 7) is 6.51. The van der Waals surface area contributed by atoms with Gasteiger partial charge in [0.05, 0.1) is 0 Å². The molecule has 0 aliphatic heterocycles. The lowest BCUT2D eigenvalue weighted by Crippen LogP contribution is -2.35. The fourth-order valence-electron chi connectivity index (χ4n) is 3.92. The third kappa shape index (κ3) is 3.50. The normalized spacial score (nSPS) is 20.7. The van der Waals surface area contributed by atoms with E-state index in [0.29, 0.717) is 24.9 Å². The Morgan fingerprint density at radius 2 is 1.85 bits per heavy atom. The second-order valence-electron chi connectivity index (χ2n) is 7.97. The minimum absolute atomic E-state index is 0.0437. The Bertz CT molecular complexity index is 831. The highest BCUT2D eigenvalue weighted by atomic mass is 19.1. The Morgan fingerprint density at radius 3 is 2.46 bits per heavy atom. The molecule has 0 radical (unpaired) electrons. The molecule has 3 rings (SSSR count). The summed E-state index contributed by atoms with van der Waals surface area (Å²) >= 11 is 0. The summed E-state index contributed by atoms with van der Waals surface area (Å²) < 4.78 is 27.6. The standard InChI is InChI=1S/C22H25F2NO/c1-15-6-4-5-7-16(15)8-11-20(26)25-14-22(13-21(22,2)3)18-10-9-17(23)12-19(18)24/h4-7,9-10,12H,8,11,13-14H2,1-3H3,(H,25,26). The molecule has 1 aliphatic carbocycles. The average Bonchev–Trinajstić information content (AvgIpc) is 3.14. The zero-order valence-electron chi connectivity index (χ0n) is 15.5. The smallest absolute Gasteiger partial charge is 0.220 e. The van der Waals surface area contributed by atoms with Crippen molar-refractivity contribution in [1.82, 2.24) is 5.32 Å². The van der Waals surface area contributed by atoms with Crippen molar-refractivity contribution in [2.45, 2.75) is 45.4 Å². The fourth-order valence-corrected chi connectivity index (χ4v) is 3.92. The van der Waals surface area contributed by atoms with Crippen molar-refractivity contribution >= 4 is 5.91 Å². The van der Waals surface area contributed by atoms with Gasteiger partial charge in [-0.25, -0.2) is 8.78 Å². The molecule has 2 nitrogen and oxygen atoms in total. The molecule has 4 heteroatoms. The molecule has 1 atom stereocenters. The van der Waals surface area contributed by atoms with Crippen LogP contribution in [0.5, 0.6) is 0 Å². The molecule has 138 valence electrons. The zero-order valence-corrected chi connectivity index (χ0v) is 15.5. The quantitative estimate of drug-likeness (QED) is 0.798. The molecule has 0 heterocycles. The summed E-state index contributed by atoms with van der Waals surface area (Å²) in [6.07, 6.45) is 1.84. The van der Waals surface area contributed by atoms with Crippen LogP contribution in [0.3, 0.4) is 0 Å². The third-order valence-corrected chi connectivity index (χ3v) is 5.83. The maximum Gasteiger partial charge on any atom is 0.220 e. The summed E-state index contributed by atoms with van der Waals surface area (Å²) in [7, 11) is 0. The number of carbonyl (C=O) groups excluding carboxylic acids is 1. The van der Waals surface area contributed by atoms with Crippen LogP contribution in [0.1, 0.15) is 43.4 Å². The van der Waals surface area contributed by atoms with Crippen LogP contribution in [0.15, 0.2) is 42.5 Å². The lowest BCUT2D eigenvalue weighted by Gasteiger charge is -2.22. The van der Waals surface area contributed by atoms with Gasteiger partial charge in [0, 0.05) is 24.4 Å². The number of rotatable bonds is 6. The molecule has 1 saturated carbocycles. The van der Waals surface area contributed by atoms with Crippen LogP contribution in [0.4, 0.5) is 8.78 Å². The Labute approximate surface area is 153 Å². The molecular formula is C22H25F2NO. The van der Waals surface area contributed by atoms with E-state index in [9.17, 15) is 13.6 Å². The molecule has 2 aromatic carbocycles. The number of hydrogen-bond acceptors (Lipinski definition) is 1. The first-order valence-electron chi connectivity index (χ1n) is 9.02. The monoisotopic (exact) mass is 357 g/mol. The molecule has 0 saturated heterocycles. The van der Waals surface area contributed by atoms with Crippen LogP contribution in [0.2, 0.25) is 0 Å². The van der Waals surface area contributed by atoms with E-state index in [1.807, 2.05) is 31.2 Å². The Morgan fingerprint density at radius 1 is 1.15 bits per heavy atom. The molecule has 1 amide bonds. The lowest BCUT2D eigenvalue weighted by atomic mass is 9.87. The summed E-state index contributed by atoms with van der Waals surface area (Å²) in [5, 5.41) is 2.97. The van der Waals surface area contributed by atoms with Gasteiger partial charge in [0.25, 0.3) is 0 Å². The maximum absolute atomic E-state index is 14.3. The van der Waals surface area contributed by atoms with Crippen molar-refractivity contribution < 1.29 is 13.6 Å². The number of nitrogens with one attached hydrogen (secondary N) is 1. The van der Waals surface area contributed by atoms with Gasteiger partial charge in [-0.1, -0.05) is 44.2 Å². The Kier molecular flexibility index (Phi) is 4.87. The van der Waals surface area contributed by atoms with Crippen molar-refractivity contribution in [3.05, 3.63) is 70.8 Å². The van der Waals surface area contributed by atoms with Crippen LogP contribution >= 0.6 is 0 Å². The first-order chi connectivity index (χ1) is 12.2. The Hall–Kier alpha value is -2.23. The molecule has 0 bridgehead atoms. The molecule has 1 N–H and O–H groups in total. The van der Waals surface area contributed by atoms with E-state index in [-0.39, 0.29) is 11.3 Å². The summed E-state index contributed by atoms with van der Waals surface area (Å²) in [4.78, 5) is 12.3. The first kappa shape index (κ1) is 18.6. The first-order valence-corrected chi connectivity index (χ1v) is 9.02. The molecule has 0 spiro atoms. The topological polar surface area (TPSA) is 29.1 Å². The van der Waals surface area contributed by atoms with E-state index in [1.165, 1.54) is 17.7 Å². The van der Waals surface area contributed by atoms with Crippen LogP contribution in [-0.2, 0) is 16.6 Å². The summed E-state index contributed by atoms with van der Waals surface area (Å²) in [5.41, 5.74) is 2.23. The predicted molar refractivity (Wildman–Crippen MR) is 98.9 cm³/mol. The number of halogens is 2. The molecule has 1 unspecified atom stereocenters. The van der Waals surface area contributed by atoms with Gasteiger partial charge in [0.2, 0.25) is 5.91 Å². The predicted octanol–water partition coefficient (Wildman–Crippen LogP) is 4.69. The molecule has 1 aliphatic rings. The average molecular weight is 357 g/mol. The van der Waals surface area contributed by atoms with E-state index < -0.39 is 17.0 Å². The molecular weight excluding hydrogens is 332 g/mol. The van der Waals surface area contributed by atoms with E-state index in [4.69, 9.17) is 0 Å². The number of amides is 1. The Balaban J connectivity index is 1.65. The highest BCUT2D eigenvalue weighted by Crippen LogP contribution is 2.64. The van der Waals surface area contributed by atoms with Gasteiger partial charge in [-0.05, 0) is 47.9 Å². The van der Waals surface area contributed by atoms with E-state index >= 15 is 0 Å². The number of aryl methyl sites for hydroxylation is 2. The van der Waals surface area contributed by atoms with Crippen molar-refractivity contribution in [1.29, 1.82) is 0 Å². The van der Waals surface area contributed by atoms with E-state index in [1.54, 1.807) is 0 Å². The van der Waals surface area contributed by atoms with Gasteiger partial charge in [0.1, 0.15) is 11.6 Å². The second-order valence-corrected chi connectivity index (χ2v) is 7.97. The van der Waals surface area contributed by atoms with Crippen molar-refractivity contribution in [3.63, 3.8) is 0 Å². The van der Waals surface area contributed by atoms with Gasteiger partial charge in [-0.3, -0.25) is 4.79 Å². The molecule has 1 fully saturated rings. The SMILES string of the molecule is Cc1ccccc1CCC(=O)NCC1(c2ccc(F)cc2F)CC1(C)C. The van der Waals surface area contributed by atoms with Gasteiger partial charge in [0.15, 0.2) is 0 Å². The molecule has 26 heavy (non-hydrogen) atoms. The zero-order chi connectivity index (χ0) is 18.9. The van der Waals surface area contributed by atoms with Gasteiger partial charge in [-0.2, -0.15) is 0 Å². The van der Waals surface area contributed by atoms with Gasteiger partial charge in [-0.15, -0.1) is 0 Å². The van der Waals surface area contributed by atoms with Crippen molar-refractivity contribution in [2.24, 2.45) is 5.41 Å². The number of benzene rings is 2. The fraction of sp³-hybridized carbons (Fsp3) is 0.409. The summed E-state index contributed by atoms with van der Waals surface area (Å²) in [5.74, 6) is -1.16. The van der Waals surface area contributed by atoms with Crippen molar-refractivity contribution in [3.8, 4) is 0 Å². The minimum atomic E-state index is -0.581. The molecule has 0 aromatic heterocycles. The van der Waals surface area contributed by atoms with Crippen LogP contribution in [0.25, 0.3) is 0 Å². The van der Waals surface area contributed by atoms with E-state index in [0.717, 1.165) is 18.1 Å². The highest BCUT2D eigenvalue weighted by molar-refractivity contribution is 5.76. The minimum Gasteiger partial charge on any atom is -0.355 e. The second kappa shape index (κ2) is 6.82. The van der Waals surface area contributed by atoms with Crippen LogP contribution in [-0.4, -0.2) is 12.5 Å². The number of hydrogen-bond donors (Lipinski definition) is 1. The third-order valence-electron chi connectivity index (χ3n) is 5.83. The highest BCUT2D eigenvalue weighted by Gasteiger charge is 2.62. The number of carbonyl (C=O) groups is 1. The summed E-state index contributed by atoms with van der Waals surface area (Å²) in [6, 6.07) is 11.7. The van der Waals surface area contributed by atoms with Crippen molar-refractivity contribution in [2.75, 3.05) is 6.54 Å². The largest absolute Gasteiger partial charge is 0.355 e. The van der Waals surface area contributed by atoms with Crippen LogP contribution in [0, 0.1) is 24.0 Å². The van der Waals surface area contributed by atoms with Crippen LogP contribution < -0.4 is 5.32 Å². The van der Waals surface area contributed by atoms with Gasteiger partial charge >= 0.3 is 0 Å². The lowest BCUT2D eigenvalue weighted by molar-refractivity contribution is -0.121. The van der Waals surface area contributed by atoms with Gasteiger partial charge < -0.3 is 5.32 Å². The van der Waals surface area contributed by atoms with E-state index in [2.05, 4.69) is 19.2 Å².